The SMILES string of the molecule is Cc1ccccc1-c1cc(C(=O)NC(CN2CCCC2=O)c2ccccc2)c2cnn(C(C)C)c2n1. The molecule has 7 heteroatoms. The number of aromatic nitrogens is 3. The minimum Gasteiger partial charge on any atom is -0.343 e. The fourth-order valence-corrected chi connectivity index (χ4v) is 4.86. The maximum atomic E-state index is 13.9. The van der Waals surface area contributed by atoms with Gasteiger partial charge in [-0.1, -0.05) is 54.6 Å². The number of nitrogens with zero attached hydrogens (tertiary/aromatic N) is 4. The number of carbonyl (C=O) groups is 2. The van der Waals surface area contributed by atoms with Gasteiger partial charge in [-0.25, -0.2) is 9.67 Å². The molecular weight excluding hydrogens is 450 g/mol. The Morgan fingerprint density at radius 3 is 2.53 bits per heavy atom. The van der Waals surface area contributed by atoms with Gasteiger partial charge in [-0.15, -0.1) is 0 Å². The zero-order valence-electron chi connectivity index (χ0n) is 20.9. The topological polar surface area (TPSA) is 80.1 Å². The van der Waals surface area contributed by atoms with E-state index in [1.165, 1.54) is 0 Å². The first-order valence-corrected chi connectivity index (χ1v) is 12.5. The Bertz CT molecular complexity index is 1410. The van der Waals surface area contributed by atoms with Crippen LogP contribution in [-0.2, 0) is 4.79 Å². The standard InChI is InChI=1S/C29H31N5O2/c1-19(2)34-28-24(17-30-34)23(16-25(31-28)22-13-8-7-10-20(22)3)29(36)32-26(21-11-5-4-6-12-21)18-33-15-9-14-27(33)35/h4-8,10-13,16-17,19,26H,9,14-15,18H2,1-3H3,(H,32,36). The monoisotopic (exact) mass is 481 g/mol. The van der Waals surface area contributed by atoms with E-state index in [0.717, 1.165) is 35.3 Å². The van der Waals surface area contributed by atoms with Crippen molar-refractivity contribution in [3.63, 3.8) is 0 Å². The predicted molar refractivity (Wildman–Crippen MR) is 141 cm³/mol. The van der Waals surface area contributed by atoms with Crippen LogP contribution in [-0.4, -0.2) is 44.6 Å². The Morgan fingerprint density at radius 1 is 1.08 bits per heavy atom. The number of fused-ring (bicyclic) bond motifs is 1. The molecule has 2 aromatic heterocycles. The number of amides is 2. The van der Waals surface area contributed by atoms with Crippen LogP contribution in [0.1, 0.15) is 60.3 Å². The van der Waals surface area contributed by atoms with Crippen LogP contribution in [0.4, 0.5) is 0 Å². The van der Waals surface area contributed by atoms with E-state index in [2.05, 4.69) is 10.4 Å². The van der Waals surface area contributed by atoms with Crippen molar-refractivity contribution in [2.24, 2.45) is 0 Å². The van der Waals surface area contributed by atoms with Gasteiger partial charge in [0.15, 0.2) is 5.65 Å². The van der Waals surface area contributed by atoms with E-state index in [1.54, 1.807) is 6.20 Å². The second kappa shape index (κ2) is 9.93. The molecule has 7 nitrogen and oxygen atoms in total. The van der Waals surface area contributed by atoms with Gasteiger partial charge >= 0.3 is 0 Å². The van der Waals surface area contributed by atoms with Crippen LogP contribution in [0, 0.1) is 6.92 Å². The first-order chi connectivity index (χ1) is 17.4. The van der Waals surface area contributed by atoms with Gasteiger partial charge in [0.05, 0.1) is 28.9 Å². The molecule has 1 fully saturated rings. The number of rotatable bonds is 7. The number of hydrogen-bond acceptors (Lipinski definition) is 4. The van der Waals surface area contributed by atoms with Crippen molar-refractivity contribution in [3.05, 3.63) is 83.6 Å². The lowest BCUT2D eigenvalue weighted by Gasteiger charge is -2.25. The van der Waals surface area contributed by atoms with Gasteiger partial charge in [-0.2, -0.15) is 5.10 Å². The van der Waals surface area contributed by atoms with Gasteiger partial charge in [0.2, 0.25) is 5.91 Å². The molecule has 0 saturated carbocycles. The zero-order chi connectivity index (χ0) is 25.2. The third-order valence-corrected chi connectivity index (χ3v) is 6.80. The van der Waals surface area contributed by atoms with Crippen LogP contribution in [0.3, 0.4) is 0 Å². The van der Waals surface area contributed by atoms with E-state index in [9.17, 15) is 9.59 Å². The number of likely N-dealkylation sites (tertiary alicyclic amines) is 1. The summed E-state index contributed by atoms with van der Waals surface area (Å²) in [5.74, 6) is -0.0717. The van der Waals surface area contributed by atoms with Gasteiger partial charge < -0.3 is 10.2 Å². The lowest BCUT2D eigenvalue weighted by Crippen LogP contribution is -2.38. The van der Waals surface area contributed by atoms with Crippen LogP contribution in [0.25, 0.3) is 22.3 Å². The summed E-state index contributed by atoms with van der Waals surface area (Å²) in [6.07, 6.45) is 3.14. The molecule has 184 valence electrons. The molecule has 4 aromatic rings. The highest BCUT2D eigenvalue weighted by Gasteiger charge is 2.27. The lowest BCUT2D eigenvalue weighted by molar-refractivity contribution is -0.128. The predicted octanol–water partition coefficient (Wildman–Crippen LogP) is 5.08. The number of aryl methyl sites for hydroxylation is 1. The summed E-state index contributed by atoms with van der Waals surface area (Å²) in [6.45, 7) is 7.30. The highest BCUT2D eigenvalue weighted by molar-refractivity contribution is 6.06. The zero-order valence-corrected chi connectivity index (χ0v) is 20.9. The summed E-state index contributed by atoms with van der Waals surface area (Å²) in [5.41, 5.74) is 4.97. The highest BCUT2D eigenvalue weighted by atomic mass is 16.2. The molecule has 36 heavy (non-hydrogen) atoms. The Kier molecular flexibility index (Phi) is 6.55. The summed E-state index contributed by atoms with van der Waals surface area (Å²) in [4.78, 5) is 33.0. The molecule has 0 bridgehead atoms. The van der Waals surface area contributed by atoms with Gasteiger partial charge in [-0.3, -0.25) is 9.59 Å². The number of hydrogen-bond donors (Lipinski definition) is 1. The highest BCUT2D eigenvalue weighted by Crippen LogP contribution is 2.29. The summed E-state index contributed by atoms with van der Waals surface area (Å²) >= 11 is 0. The number of benzene rings is 2. The van der Waals surface area contributed by atoms with E-state index in [4.69, 9.17) is 4.98 Å². The Hall–Kier alpha value is -4.00. The molecule has 1 N–H and O–H groups in total. The largest absolute Gasteiger partial charge is 0.343 e. The van der Waals surface area contributed by atoms with Crippen LogP contribution in [0.2, 0.25) is 0 Å². The van der Waals surface area contributed by atoms with E-state index in [-0.39, 0.29) is 23.9 Å². The van der Waals surface area contributed by atoms with Crippen LogP contribution in [0.15, 0.2) is 66.9 Å². The minimum atomic E-state index is -0.328. The van der Waals surface area contributed by atoms with E-state index in [0.29, 0.717) is 29.6 Å². The maximum Gasteiger partial charge on any atom is 0.252 e. The molecule has 1 unspecified atom stereocenters. The molecule has 0 spiro atoms. The normalized spacial score (nSPS) is 14.6. The Morgan fingerprint density at radius 2 is 1.83 bits per heavy atom. The van der Waals surface area contributed by atoms with E-state index < -0.39 is 0 Å². The van der Waals surface area contributed by atoms with Crippen molar-refractivity contribution < 1.29 is 9.59 Å². The number of nitrogens with one attached hydrogen (secondary N) is 1. The third-order valence-electron chi connectivity index (χ3n) is 6.80. The molecule has 5 rings (SSSR count). The van der Waals surface area contributed by atoms with Gasteiger partial charge in [0.25, 0.3) is 5.91 Å². The molecule has 2 aromatic carbocycles. The Balaban J connectivity index is 1.57. The molecule has 0 aliphatic carbocycles. The van der Waals surface area contributed by atoms with Gasteiger partial charge in [0.1, 0.15) is 0 Å². The van der Waals surface area contributed by atoms with Crippen molar-refractivity contribution in [3.8, 4) is 11.3 Å². The first kappa shape index (κ1) is 23.7. The molecule has 0 radical (unpaired) electrons. The van der Waals surface area contributed by atoms with Crippen molar-refractivity contribution >= 4 is 22.8 Å². The van der Waals surface area contributed by atoms with Crippen LogP contribution < -0.4 is 5.32 Å². The van der Waals surface area contributed by atoms with E-state index >= 15 is 0 Å². The molecule has 1 aliphatic rings. The minimum absolute atomic E-state index is 0.0938. The Labute approximate surface area is 211 Å². The second-order valence-corrected chi connectivity index (χ2v) is 9.67. The van der Waals surface area contributed by atoms with Crippen molar-refractivity contribution in [2.45, 2.75) is 45.7 Å². The lowest BCUT2D eigenvalue weighted by atomic mass is 10.0. The smallest absolute Gasteiger partial charge is 0.252 e. The molecule has 3 heterocycles. The van der Waals surface area contributed by atoms with Gasteiger partial charge in [-0.05, 0) is 44.4 Å². The maximum absolute atomic E-state index is 13.9. The van der Waals surface area contributed by atoms with Crippen molar-refractivity contribution in [2.75, 3.05) is 13.1 Å². The summed E-state index contributed by atoms with van der Waals surface area (Å²) in [6, 6.07) is 19.5. The first-order valence-electron chi connectivity index (χ1n) is 12.5. The van der Waals surface area contributed by atoms with Gasteiger partial charge in [0, 0.05) is 31.1 Å². The summed E-state index contributed by atoms with van der Waals surface area (Å²) in [5, 5.41) is 8.48. The fourth-order valence-electron chi connectivity index (χ4n) is 4.86. The summed E-state index contributed by atoms with van der Waals surface area (Å²) in [7, 11) is 0. The molecule has 2 amide bonds. The molecule has 1 saturated heterocycles. The van der Waals surface area contributed by atoms with Crippen LogP contribution >= 0.6 is 0 Å². The fraction of sp³-hybridized carbons (Fsp3) is 0.310. The third kappa shape index (κ3) is 4.61. The van der Waals surface area contributed by atoms with Crippen molar-refractivity contribution in [1.82, 2.24) is 25.0 Å². The summed E-state index contributed by atoms with van der Waals surface area (Å²) < 4.78 is 1.85. The molecule has 1 atom stereocenters. The number of pyridine rings is 1. The molecular formula is C29H31N5O2. The quantitative estimate of drug-likeness (QED) is 0.399. The van der Waals surface area contributed by atoms with E-state index in [1.807, 2.05) is 91.0 Å². The molecule has 1 aliphatic heterocycles. The van der Waals surface area contributed by atoms with Crippen molar-refractivity contribution in [1.29, 1.82) is 0 Å². The number of carbonyl (C=O) groups excluding carboxylic acids is 2. The second-order valence-electron chi connectivity index (χ2n) is 9.67. The van der Waals surface area contributed by atoms with Crippen LogP contribution in [0.5, 0.6) is 0 Å². The average molecular weight is 482 g/mol. The average Bonchev–Trinajstić information content (AvgIpc) is 3.49.